The summed E-state index contributed by atoms with van der Waals surface area (Å²) in [6, 6.07) is 3.92. The van der Waals surface area contributed by atoms with Crippen molar-refractivity contribution < 1.29 is 47.6 Å². The molecule has 5 rings (SSSR count). The molecule has 376 valence electrons. The second-order valence-corrected chi connectivity index (χ2v) is 17.8. The number of nitrogen functional groups attached to an aromatic ring is 1. The number of likely N-dealkylation sites (N-methyl/N-ethyl adjacent to an activating group) is 1. The van der Waals surface area contributed by atoms with Crippen molar-refractivity contribution in [3.05, 3.63) is 24.4 Å². The predicted octanol–water partition coefficient (Wildman–Crippen LogP) is 6.95. The van der Waals surface area contributed by atoms with E-state index in [1.807, 2.05) is 39.8 Å². The summed E-state index contributed by atoms with van der Waals surface area (Å²) < 4.78 is 49.5. The van der Waals surface area contributed by atoms with Crippen LogP contribution in [0.2, 0.25) is 0 Å². The minimum Gasteiger partial charge on any atom is -0.455 e. The van der Waals surface area contributed by atoms with Crippen LogP contribution < -0.4 is 11.1 Å². The first-order valence-electron chi connectivity index (χ1n) is 21.2. The molecule has 2 aromatic rings. The van der Waals surface area contributed by atoms with E-state index in [0.717, 1.165) is 6.92 Å². The van der Waals surface area contributed by atoms with E-state index >= 15 is 4.39 Å². The molecule has 0 aliphatic carbocycles. The Balaban J connectivity index is 0.00000819. The highest BCUT2D eigenvalue weighted by atomic mass is 19.1. The van der Waals surface area contributed by atoms with Crippen molar-refractivity contribution in [2.45, 2.75) is 197 Å². The maximum absolute atomic E-state index is 17.0. The Morgan fingerprint density at radius 2 is 1.66 bits per heavy atom. The molecule has 5 heterocycles. The van der Waals surface area contributed by atoms with Crippen LogP contribution in [0.5, 0.6) is 0 Å². The molecule has 0 saturated carbocycles. The molecule has 3 aliphatic heterocycles. The zero-order valence-electron chi connectivity index (χ0n) is 37.1. The molecule has 0 spiro atoms. The Hall–Kier alpha value is -3.81. The number of nitrogens with zero attached hydrogens (tertiary/aromatic N) is 6. The monoisotopic (exact) mass is 927 g/mol. The van der Waals surface area contributed by atoms with Gasteiger partial charge in [0.1, 0.15) is 23.7 Å². The van der Waals surface area contributed by atoms with E-state index in [4.69, 9.17) is 29.4 Å². The van der Waals surface area contributed by atoms with Crippen LogP contribution in [0.25, 0.3) is 11.4 Å². The standard InChI is InChI=1S/C42H67FN8O9.5CH4/c1-12-31-42(8)34(51(39(55)60-42)19-14-13-18-50-23-29(47-48-50)28-16-15-17-32(44)46-28)27(5)45-22-24(2)21-40(6,56-11)36(26(4)35(53)41(7,43)38(54)58-31)59-37-33(52)30(49(9)10)20-25(3)57-37;;;;;/h15-17,23-27,30-31,33-34,36-37,45,52H,12-14,18-22H2,1-11H3,(H2,44,46);5*1H4/t24-,25?,26-,27-,30?,31-,33?,34-,36-,37+,40-,41?,42-;;;;;/m1...../s1. The van der Waals surface area contributed by atoms with Crippen LogP contribution in [0, 0.1) is 11.8 Å². The van der Waals surface area contributed by atoms with Gasteiger partial charge in [0.25, 0.3) is 5.67 Å². The maximum atomic E-state index is 17.0. The smallest absolute Gasteiger partial charge is 0.410 e. The van der Waals surface area contributed by atoms with Crippen LogP contribution in [0.3, 0.4) is 0 Å². The van der Waals surface area contributed by atoms with Gasteiger partial charge in [-0.25, -0.2) is 19.0 Å². The Morgan fingerprint density at radius 3 is 2.26 bits per heavy atom. The summed E-state index contributed by atoms with van der Waals surface area (Å²) in [5.41, 5.74) is 1.25. The lowest BCUT2D eigenvalue weighted by Gasteiger charge is -2.47. The second kappa shape index (κ2) is 24.8. The van der Waals surface area contributed by atoms with Crippen molar-refractivity contribution in [2.75, 3.05) is 40.0 Å². The topological polar surface area (TPSA) is 206 Å². The van der Waals surface area contributed by atoms with Crippen molar-refractivity contribution in [3.63, 3.8) is 0 Å². The summed E-state index contributed by atoms with van der Waals surface area (Å²) in [6.07, 6.45) is -1.40. The number of nitrogens with two attached hydrogens (primary N) is 1. The molecule has 4 N–H and O–H groups in total. The molecule has 2 aromatic heterocycles. The molecule has 65 heavy (non-hydrogen) atoms. The number of alkyl halides is 1. The van der Waals surface area contributed by atoms with Crippen molar-refractivity contribution >= 4 is 23.7 Å². The molecule has 3 saturated heterocycles. The number of carbonyl (C=O) groups excluding carboxylic acids is 3. The van der Waals surface area contributed by atoms with Gasteiger partial charge >= 0.3 is 12.1 Å². The van der Waals surface area contributed by atoms with E-state index < -0.39 is 77.3 Å². The summed E-state index contributed by atoms with van der Waals surface area (Å²) in [7, 11) is 5.20. The number of esters is 1. The van der Waals surface area contributed by atoms with Gasteiger partial charge in [-0.3, -0.25) is 14.4 Å². The van der Waals surface area contributed by atoms with Gasteiger partial charge in [0, 0.05) is 38.2 Å². The number of nitrogens with one attached hydrogen (secondary N) is 1. The molecule has 0 radical (unpaired) electrons. The number of methoxy groups -OCH3 is 1. The number of ether oxygens (including phenoxy) is 5. The predicted molar refractivity (Wildman–Crippen MR) is 254 cm³/mol. The molecular formula is C47H87FN8O9. The number of aliphatic hydroxyl groups is 1. The Morgan fingerprint density at radius 1 is 1.02 bits per heavy atom. The number of ketones is 1. The molecule has 3 fully saturated rings. The largest absolute Gasteiger partial charge is 0.455 e. The van der Waals surface area contributed by atoms with Gasteiger partial charge in [-0.05, 0) is 105 Å². The normalized spacial score (nSPS) is 34.4. The van der Waals surface area contributed by atoms with E-state index in [0.29, 0.717) is 62.5 Å². The molecule has 1 amide bonds. The fourth-order valence-electron chi connectivity index (χ4n) is 9.34. The first-order valence-corrected chi connectivity index (χ1v) is 21.2. The van der Waals surface area contributed by atoms with Crippen LogP contribution in [0.15, 0.2) is 24.4 Å². The fraction of sp³-hybridized carbons (Fsp3) is 0.787. The number of pyridine rings is 1. The highest BCUT2D eigenvalue weighted by Crippen LogP contribution is 2.41. The zero-order valence-corrected chi connectivity index (χ0v) is 37.1. The van der Waals surface area contributed by atoms with Gasteiger partial charge in [-0.15, -0.1) is 5.10 Å². The van der Waals surface area contributed by atoms with Gasteiger partial charge in [0.2, 0.25) is 0 Å². The minimum absolute atomic E-state index is 0. The lowest BCUT2D eigenvalue weighted by atomic mass is 9.78. The average Bonchev–Trinajstić information content (AvgIpc) is 3.77. The van der Waals surface area contributed by atoms with Gasteiger partial charge in [0.15, 0.2) is 17.7 Å². The summed E-state index contributed by atoms with van der Waals surface area (Å²) in [5.74, 6) is -3.49. The number of unbranched alkanes of at least 4 members (excludes halogenated alkanes) is 1. The lowest BCUT2D eigenvalue weighted by Crippen LogP contribution is -2.61. The van der Waals surface area contributed by atoms with E-state index in [1.54, 1.807) is 54.7 Å². The van der Waals surface area contributed by atoms with E-state index in [1.165, 1.54) is 14.0 Å². The zero-order chi connectivity index (χ0) is 44.3. The van der Waals surface area contributed by atoms with Crippen LogP contribution in [-0.2, 0) is 39.8 Å². The summed E-state index contributed by atoms with van der Waals surface area (Å²) in [6.45, 7) is 14.7. The first kappa shape index (κ1) is 61.2. The molecule has 17 nitrogen and oxygen atoms in total. The fourth-order valence-corrected chi connectivity index (χ4v) is 9.34. The van der Waals surface area contributed by atoms with Crippen molar-refractivity contribution in [2.24, 2.45) is 11.8 Å². The van der Waals surface area contributed by atoms with E-state index in [9.17, 15) is 19.5 Å². The highest BCUT2D eigenvalue weighted by Gasteiger charge is 2.60. The molecule has 18 heteroatoms. The van der Waals surface area contributed by atoms with Crippen LogP contribution >= 0.6 is 0 Å². The summed E-state index contributed by atoms with van der Waals surface area (Å²) in [4.78, 5) is 49.9. The number of carbonyl (C=O) groups is 3. The molecule has 13 atom stereocenters. The molecule has 4 unspecified atom stereocenters. The third-order valence-electron chi connectivity index (χ3n) is 12.7. The maximum Gasteiger partial charge on any atom is 0.410 e. The Bertz CT molecular complexity index is 1800. The van der Waals surface area contributed by atoms with Gasteiger partial charge in [-0.2, -0.15) is 0 Å². The number of aromatic nitrogens is 4. The highest BCUT2D eigenvalue weighted by molar-refractivity contribution is 6.07. The number of halogens is 1. The Kier molecular flexibility index (Phi) is 23.4. The summed E-state index contributed by atoms with van der Waals surface area (Å²) in [5, 5.41) is 23.5. The second-order valence-electron chi connectivity index (χ2n) is 17.8. The van der Waals surface area contributed by atoms with E-state index in [2.05, 4.69) is 20.6 Å². The van der Waals surface area contributed by atoms with Crippen LogP contribution in [0.1, 0.15) is 125 Å². The summed E-state index contributed by atoms with van der Waals surface area (Å²) >= 11 is 0. The number of cyclic esters (lactones) is 1. The number of Topliss-reactive ketones (excluding diaryl/α,β-unsaturated/α-hetero) is 1. The quantitative estimate of drug-likeness (QED) is 0.118. The number of rotatable bonds is 11. The molecular weight excluding hydrogens is 840 g/mol. The molecule has 0 bridgehead atoms. The lowest BCUT2D eigenvalue weighted by molar-refractivity contribution is -0.295. The number of aliphatic hydroxyl groups excluding tert-OH is 1. The van der Waals surface area contributed by atoms with E-state index in [-0.39, 0.29) is 61.6 Å². The van der Waals surface area contributed by atoms with Gasteiger partial charge in [-0.1, -0.05) is 69.2 Å². The Labute approximate surface area is 390 Å². The number of fused-ring (bicyclic) bond motifs is 1. The average molecular weight is 927 g/mol. The van der Waals surface area contributed by atoms with Gasteiger partial charge in [0.05, 0.1) is 35.7 Å². The van der Waals surface area contributed by atoms with Crippen molar-refractivity contribution in [3.8, 4) is 11.4 Å². The van der Waals surface area contributed by atoms with Crippen LogP contribution in [0.4, 0.5) is 15.0 Å². The third-order valence-corrected chi connectivity index (χ3v) is 12.7. The van der Waals surface area contributed by atoms with Crippen molar-refractivity contribution in [1.29, 1.82) is 0 Å². The number of anilines is 1. The number of hydrogen-bond donors (Lipinski definition) is 3. The number of amides is 1. The SMILES string of the molecule is C.C.C.C.C.CC[C@H]1OC(=O)C(C)(F)C(=O)[C@@H](C)[C@@H](O[C@@H]2OC(C)CC(N(C)C)C2O)[C@](C)(OC)C[C@@H](C)CN[C@H](C)[C@H]2N(CCCCn3cc(-c4cccc(N)n4)nn3)C(=O)O[C@]12C. The first-order chi connectivity index (χ1) is 28.2. The van der Waals surface area contributed by atoms with Crippen LogP contribution in [-0.4, -0.2) is 153 Å². The minimum atomic E-state index is -3.14. The van der Waals surface area contributed by atoms with Crippen molar-refractivity contribution in [1.82, 2.24) is 35.1 Å². The molecule has 0 aromatic carbocycles. The third kappa shape index (κ3) is 13.2. The molecule has 3 aliphatic rings. The number of aryl methyl sites for hydroxylation is 1. The van der Waals surface area contributed by atoms with Gasteiger partial charge < -0.3 is 44.7 Å². The number of hydrogen-bond acceptors (Lipinski definition) is 15.